The van der Waals surface area contributed by atoms with Gasteiger partial charge >= 0.3 is 5.97 Å². The number of rotatable bonds is 10. The number of esters is 1. The predicted octanol–water partition coefficient (Wildman–Crippen LogP) is 7.31. The first-order valence-electron chi connectivity index (χ1n) is 14.6. The molecule has 1 aliphatic heterocycles. The first kappa shape index (κ1) is 26.3. The Morgan fingerprint density at radius 3 is 2.44 bits per heavy atom. The highest BCUT2D eigenvalue weighted by molar-refractivity contribution is 7.13. The fourth-order valence-electron chi connectivity index (χ4n) is 6.04. The third kappa shape index (κ3) is 5.43. The van der Waals surface area contributed by atoms with Crippen LogP contribution in [0.4, 0.5) is 0 Å². The highest BCUT2D eigenvalue weighted by Crippen LogP contribution is 2.44. The van der Waals surface area contributed by atoms with Crippen LogP contribution in [0.15, 0.2) is 40.8 Å². The quantitative estimate of drug-likeness (QED) is 0.249. The van der Waals surface area contributed by atoms with Gasteiger partial charge in [0.15, 0.2) is 5.43 Å². The lowest BCUT2D eigenvalue weighted by molar-refractivity contribution is 0.0461. The summed E-state index contributed by atoms with van der Waals surface area (Å²) in [7, 11) is 0. The summed E-state index contributed by atoms with van der Waals surface area (Å²) >= 11 is 1.59. The average molecular weight is 547 g/mol. The Morgan fingerprint density at radius 2 is 1.79 bits per heavy atom. The van der Waals surface area contributed by atoms with E-state index in [1.54, 1.807) is 23.6 Å². The zero-order chi connectivity index (χ0) is 26.9. The Balaban J connectivity index is 1.34. The number of hydrogen-bond acceptors (Lipinski definition) is 6. The summed E-state index contributed by atoms with van der Waals surface area (Å²) in [4.78, 5) is 30.8. The monoisotopic (exact) mass is 546 g/mol. The van der Waals surface area contributed by atoms with Crippen molar-refractivity contribution in [3.05, 3.63) is 57.3 Å². The molecule has 2 fully saturated rings. The second-order valence-electron chi connectivity index (χ2n) is 11.9. The summed E-state index contributed by atoms with van der Waals surface area (Å²) in [5.41, 5.74) is 3.80. The van der Waals surface area contributed by atoms with Crippen LogP contribution < -0.4 is 10.2 Å². The Kier molecular flexibility index (Phi) is 7.61. The van der Waals surface area contributed by atoms with Crippen molar-refractivity contribution >= 4 is 17.3 Å². The van der Waals surface area contributed by atoms with Crippen LogP contribution in [-0.2, 0) is 11.2 Å². The van der Waals surface area contributed by atoms with Crippen molar-refractivity contribution < 1.29 is 14.3 Å². The largest absolute Gasteiger partial charge is 0.493 e. The van der Waals surface area contributed by atoms with Gasteiger partial charge in [0, 0.05) is 35.4 Å². The van der Waals surface area contributed by atoms with Crippen LogP contribution in [-0.4, -0.2) is 28.7 Å². The van der Waals surface area contributed by atoms with Crippen LogP contribution in [0.3, 0.4) is 0 Å². The molecular formula is C32H38N2O4S. The minimum atomic E-state index is -0.512. The van der Waals surface area contributed by atoms with E-state index in [0.717, 1.165) is 52.8 Å². The SMILES string of the molecule is CC(C)C1Cc2cc(OCCC3CCC3)c(-c3nccs3)cc2-c2cc(=O)c(C(=O)OCCC3CCC3)cn21. The Morgan fingerprint density at radius 1 is 1.05 bits per heavy atom. The van der Waals surface area contributed by atoms with Gasteiger partial charge in [-0.1, -0.05) is 52.4 Å². The second-order valence-corrected chi connectivity index (χ2v) is 12.8. The number of carbonyl (C=O) groups excluding carboxylic acids is 1. The molecule has 0 N–H and O–H groups in total. The summed E-state index contributed by atoms with van der Waals surface area (Å²) in [6.07, 6.45) is 14.0. The predicted molar refractivity (Wildman–Crippen MR) is 155 cm³/mol. The molecule has 6 nitrogen and oxygen atoms in total. The van der Waals surface area contributed by atoms with Crippen LogP contribution in [0.1, 0.15) is 87.2 Å². The molecule has 2 saturated carbocycles. The van der Waals surface area contributed by atoms with Gasteiger partial charge in [-0.3, -0.25) is 4.79 Å². The normalized spacial score (nSPS) is 18.7. The smallest absolute Gasteiger partial charge is 0.343 e. The van der Waals surface area contributed by atoms with Crippen molar-refractivity contribution in [3.63, 3.8) is 0 Å². The van der Waals surface area contributed by atoms with E-state index in [9.17, 15) is 9.59 Å². The highest BCUT2D eigenvalue weighted by atomic mass is 32.1. The van der Waals surface area contributed by atoms with E-state index in [0.29, 0.717) is 25.0 Å². The minimum Gasteiger partial charge on any atom is -0.493 e. The lowest BCUT2D eigenvalue weighted by Crippen LogP contribution is -2.29. The molecule has 6 rings (SSSR count). The maximum absolute atomic E-state index is 13.3. The van der Waals surface area contributed by atoms with Crippen molar-refractivity contribution in [1.82, 2.24) is 9.55 Å². The molecular weight excluding hydrogens is 508 g/mol. The number of ether oxygens (including phenoxy) is 2. The summed E-state index contributed by atoms with van der Waals surface area (Å²) < 4.78 is 14.1. The maximum atomic E-state index is 13.3. The molecule has 7 heteroatoms. The first-order valence-corrected chi connectivity index (χ1v) is 15.5. The molecule has 2 aliphatic carbocycles. The lowest BCUT2D eigenvalue weighted by Gasteiger charge is -2.34. The molecule has 1 aromatic carbocycles. The molecule has 1 unspecified atom stereocenters. The molecule has 0 saturated heterocycles. The molecule has 0 spiro atoms. The van der Waals surface area contributed by atoms with Gasteiger partial charge in [-0.05, 0) is 54.7 Å². The van der Waals surface area contributed by atoms with Gasteiger partial charge in [-0.25, -0.2) is 9.78 Å². The maximum Gasteiger partial charge on any atom is 0.343 e. The summed E-state index contributed by atoms with van der Waals surface area (Å²) in [6, 6.07) is 6.03. The third-order valence-corrected chi connectivity index (χ3v) is 9.80. The van der Waals surface area contributed by atoms with Gasteiger partial charge in [-0.2, -0.15) is 0 Å². The van der Waals surface area contributed by atoms with Gasteiger partial charge in [0.05, 0.1) is 24.5 Å². The van der Waals surface area contributed by atoms with Gasteiger partial charge < -0.3 is 14.0 Å². The van der Waals surface area contributed by atoms with Crippen molar-refractivity contribution in [2.45, 2.75) is 77.7 Å². The molecule has 206 valence electrons. The lowest BCUT2D eigenvalue weighted by atomic mass is 9.83. The van der Waals surface area contributed by atoms with Crippen molar-refractivity contribution in [2.24, 2.45) is 17.8 Å². The van der Waals surface area contributed by atoms with Crippen molar-refractivity contribution in [1.29, 1.82) is 0 Å². The third-order valence-electron chi connectivity index (χ3n) is 8.99. The summed E-state index contributed by atoms with van der Waals surface area (Å²) in [5, 5.41) is 2.88. The minimum absolute atomic E-state index is 0.114. The van der Waals surface area contributed by atoms with E-state index in [2.05, 4.69) is 35.5 Å². The van der Waals surface area contributed by atoms with Crippen LogP contribution >= 0.6 is 11.3 Å². The number of hydrogen-bond donors (Lipinski definition) is 0. The van der Waals surface area contributed by atoms with E-state index < -0.39 is 5.97 Å². The van der Waals surface area contributed by atoms with Crippen LogP contribution in [0.25, 0.3) is 21.8 Å². The number of fused-ring (bicyclic) bond motifs is 3. The van der Waals surface area contributed by atoms with Gasteiger partial charge in [0.25, 0.3) is 0 Å². The second kappa shape index (κ2) is 11.3. The van der Waals surface area contributed by atoms with Crippen LogP contribution in [0.5, 0.6) is 5.75 Å². The fraction of sp³-hybridized carbons (Fsp3) is 0.531. The van der Waals surface area contributed by atoms with E-state index in [-0.39, 0.29) is 17.0 Å². The Hall–Kier alpha value is -2.93. The van der Waals surface area contributed by atoms with Crippen molar-refractivity contribution in [2.75, 3.05) is 13.2 Å². The highest BCUT2D eigenvalue weighted by Gasteiger charge is 2.30. The zero-order valence-corrected chi connectivity index (χ0v) is 23.8. The van der Waals surface area contributed by atoms with Crippen molar-refractivity contribution in [3.8, 4) is 27.6 Å². The van der Waals surface area contributed by atoms with E-state index in [4.69, 9.17) is 9.47 Å². The molecule has 3 heterocycles. The van der Waals surface area contributed by atoms with E-state index in [1.807, 2.05) is 11.6 Å². The summed E-state index contributed by atoms with van der Waals surface area (Å²) in [6.45, 7) is 5.46. The standard InChI is InChI=1S/C32H38N2O4S/c1-20(2)27-15-23-16-30(37-12-9-21-5-3-6-21)25(31-33-11-14-39-31)17-24(23)28-18-29(35)26(19-34(27)28)32(36)38-13-10-22-7-4-8-22/h11,14,16-22,27H,3-10,12-13,15H2,1-2H3. The number of thiazole rings is 1. The van der Waals surface area contributed by atoms with Crippen LogP contribution in [0, 0.1) is 17.8 Å². The van der Waals surface area contributed by atoms with E-state index >= 15 is 0 Å². The molecule has 1 atom stereocenters. The van der Waals surface area contributed by atoms with E-state index in [1.165, 1.54) is 44.1 Å². The van der Waals surface area contributed by atoms with Gasteiger partial charge in [0.2, 0.25) is 0 Å². The number of carbonyl (C=O) groups is 1. The summed E-state index contributed by atoms with van der Waals surface area (Å²) in [5.74, 6) is 2.11. The molecule has 3 aliphatic rings. The number of benzene rings is 1. The number of nitrogens with zero attached hydrogens (tertiary/aromatic N) is 2. The zero-order valence-electron chi connectivity index (χ0n) is 23.0. The average Bonchev–Trinajstić information content (AvgIpc) is 3.40. The van der Waals surface area contributed by atoms with Gasteiger partial charge in [-0.15, -0.1) is 11.3 Å². The molecule has 0 bridgehead atoms. The molecule has 2 aromatic heterocycles. The molecule has 39 heavy (non-hydrogen) atoms. The number of aromatic nitrogens is 2. The first-order chi connectivity index (χ1) is 19.0. The Labute approximate surface area is 234 Å². The number of pyridine rings is 1. The topological polar surface area (TPSA) is 70.4 Å². The van der Waals surface area contributed by atoms with Gasteiger partial charge in [0.1, 0.15) is 16.3 Å². The molecule has 3 aromatic rings. The fourth-order valence-corrected chi connectivity index (χ4v) is 6.70. The Bertz CT molecular complexity index is 1390. The molecule has 0 radical (unpaired) electrons. The molecule has 0 amide bonds. The van der Waals surface area contributed by atoms with Crippen LogP contribution in [0.2, 0.25) is 0 Å².